The van der Waals surface area contributed by atoms with Gasteiger partial charge < -0.3 is 10.0 Å². The number of halogens is 1. The number of nitrogens with zero attached hydrogens (tertiary/aromatic N) is 2. The fourth-order valence-electron chi connectivity index (χ4n) is 2.10. The zero-order valence-corrected chi connectivity index (χ0v) is 9.32. The first-order valence-electron chi connectivity index (χ1n) is 5.30. The molecular formula is C11H15ClN2O. The molecular weight excluding hydrogens is 212 g/mol. The van der Waals surface area contributed by atoms with E-state index in [2.05, 4.69) is 9.88 Å². The van der Waals surface area contributed by atoms with Gasteiger partial charge in [-0.15, -0.1) is 0 Å². The average molecular weight is 227 g/mol. The lowest BCUT2D eigenvalue weighted by Crippen LogP contribution is -2.41. The molecule has 1 saturated heterocycles. The standard InChI is InChI=1S/C11H15ClN2O/c12-11-7-9(4-5-13-11)14-6-2-1-3-10(14)8-15/h4-5,7,10,15H,1-3,6,8H2. The van der Waals surface area contributed by atoms with E-state index in [-0.39, 0.29) is 12.6 Å². The van der Waals surface area contributed by atoms with Gasteiger partial charge in [-0.2, -0.15) is 0 Å². The van der Waals surface area contributed by atoms with Crippen molar-refractivity contribution in [2.24, 2.45) is 0 Å². The summed E-state index contributed by atoms with van der Waals surface area (Å²) in [7, 11) is 0. The maximum absolute atomic E-state index is 9.30. The summed E-state index contributed by atoms with van der Waals surface area (Å²) in [5, 5.41) is 9.81. The molecule has 1 unspecified atom stereocenters. The number of hydrogen-bond donors (Lipinski definition) is 1. The van der Waals surface area contributed by atoms with Crippen LogP contribution in [-0.2, 0) is 0 Å². The number of aromatic nitrogens is 1. The summed E-state index contributed by atoms with van der Waals surface area (Å²) < 4.78 is 0. The van der Waals surface area contributed by atoms with E-state index in [1.807, 2.05) is 12.1 Å². The van der Waals surface area contributed by atoms with E-state index in [1.54, 1.807) is 6.20 Å². The minimum Gasteiger partial charge on any atom is -0.394 e. The van der Waals surface area contributed by atoms with E-state index in [9.17, 15) is 5.11 Å². The van der Waals surface area contributed by atoms with Crippen molar-refractivity contribution in [3.63, 3.8) is 0 Å². The molecule has 1 aliphatic heterocycles. The first kappa shape index (κ1) is 10.7. The monoisotopic (exact) mass is 226 g/mol. The van der Waals surface area contributed by atoms with Gasteiger partial charge in [0, 0.05) is 18.4 Å². The molecule has 0 saturated carbocycles. The Morgan fingerprint density at radius 3 is 3.13 bits per heavy atom. The number of pyridine rings is 1. The van der Waals surface area contributed by atoms with Gasteiger partial charge in [-0.05, 0) is 31.4 Å². The number of hydrogen-bond acceptors (Lipinski definition) is 3. The van der Waals surface area contributed by atoms with Crippen LogP contribution >= 0.6 is 11.6 Å². The maximum atomic E-state index is 9.30. The van der Waals surface area contributed by atoms with Crippen LogP contribution in [0.1, 0.15) is 19.3 Å². The molecule has 2 rings (SSSR count). The maximum Gasteiger partial charge on any atom is 0.131 e. The number of piperidine rings is 1. The van der Waals surface area contributed by atoms with Gasteiger partial charge in [-0.3, -0.25) is 0 Å². The van der Waals surface area contributed by atoms with Crippen molar-refractivity contribution in [2.75, 3.05) is 18.1 Å². The van der Waals surface area contributed by atoms with Gasteiger partial charge in [-0.1, -0.05) is 11.6 Å². The summed E-state index contributed by atoms with van der Waals surface area (Å²) in [6.07, 6.45) is 5.13. The molecule has 1 fully saturated rings. The van der Waals surface area contributed by atoms with Crippen LogP contribution in [0.4, 0.5) is 5.69 Å². The number of aliphatic hydroxyl groups is 1. The zero-order chi connectivity index (χ0) is 10.7. The van der Waals surface area contributed by atoms with Crippen LogP contribution in [-0.4, -0.2) is 29.3 Å². The van der Waals surface area contributed by atoms with Gasteiger partial charge >= 0.3 is 0 Å². The van der Waals surface area contributed by atoms with Crippen molar-refractivity contribution >= 4 is 17.3 Å². The third kappa shape index (κ3) is 2.41. The molecule has 0 spiro atoms. The third-order valence-corrected chi connectivity index (χ3v) is 3.09. The van der Waals surface area contributed by atoms with E-state index < -0.39 is 0 Å². The molecule has 15 heavy (non-hydrogen) atoms. The fraction of sp³-hybridized carbons (Fsp3) is 0.545. The van der Waals surface area contributed by atoms with Crippen LogP contribution in [0.15, 0.2) is 18.3 Å². The summed E-state index contributed by atoms with van der Waals surface area (Å²) >= 11 is 5.85. The Morgan fingerprint density at radius 1 is 1.53 bits per heavy atom. The minimum absolute atomic E-state index is 0.208. The summed E-state index contributed by atoms with van der Waals surface area (Å²) in [6.45, 7) is 1.20. The van der Waals surface area contributed by atoms with E-state index in [0.29, 0.717) is 5.15 Å². The summed E-state index contributed by atoms with van der Waals surface area (Å²) in [5.74, 6) is 0. The molecule has 4 heteroatoms. The van der Waals surface area contributed by atoms with Gasteiger partial charge in [0.2, 0.25) is 0 Å². The molecule has 1 aliphatic rings. The van der Waals surface area contributed by atoms with Gasteiger partial charge in [0.05, 0.1) is 12.6 Å². The lowest BCUT2D eigenvalue weighted by molar-refractivity contribution is 0.240. The molecule has 0 bridgehead atoms. The fourth-order valence-corrected chi connectivity index (χ4v) is 2.27. The molecule has 0 aliphatic carbocycles. The average Bonchev–Trinajstić information content (AvgIpc) is 2.29. The predicted octanol–water partition coefficient (Wildman–Crippen LogP) is 2.09. The summed E-state index contributed by atoms with van der Waals surface area (Å²) in [5.41, 5.74) is 1.06. The van der Waals surface area contributed by atoms with Crippen molar-refractivity contribution in [1.82, 2.24) is 4.98 Å². The Kier molecular flexibility index (Phi) is 3.44. The van der Waals surface area contributed by atoms with E-state index in [4.69, 9.17) is 11.6 Å². The first-order valence-corrected chi connectivity index (χ1v) is 5.68. The highest BCUT2D eigenvalue weighted by Crippen LogP contribution is 2.25. The topological polar surface area (TPSA) is 36.4 Å². The SMILES string of the molecule is OCC1CCCCN1c1ccnc(Cl)c1. The molecule has 82 valence electrons. The Morgan fingerprint density at radius 2 is 2.40 bits per heavy atom. The normalized spacial score (nSPS) is 21.7. The second-order valence-electron chi connectivity index (χ2n) is 3.86. The Balaban J connectivity index is 2.20. The minimum atomic E-state index is 0.208. The van der Waals surface area contributed by atoms with Crippen LogP contribution in [0.5, 0.6) is 0 Å². The molecule has 0 radical (unpaired) electrons. The molecule has 1 atom stereocenters. The lowest BCUT2D eigenvalue weighted by Gasteiger charge is -2.36. The number of anilines is 1. The third-order valence-electron chi connectivity index (χ3n) is 2.88. The Bertz CT molecular complexity index is 332. The summed E-state index contributed by atoms with van der Waals surface area (Å²) in [6, 6.07) is 4.03. The van der Waals surface area contributed by atoms with Crippen molar-refractivity contribution in [3.05, 3.63) is 23.5 Å². The van der Waals surface area contributed by atoms with Crippen LogP contribution in [0.2, 0.25) is 5.15 Å². The van der Waals surface area contributed by atoms with Gasteiger partial charge in [0.15, 0.2) is 0 Å². The van der Waals surface area contributed by atoms with E-state index >= 15 is 0 Å². The summed E-state index contributed by atoms with van der Waals surface area (Å²) in [4.78, 5) is 6.18. The predicted molar refractivity (Wildman–Crippen MR) is 61.3 cm³/mol. The molecule has 3 nitrogen and oxygen atoms in total. The van der Waals surface area contributed by atoms with Crippen LogP contribution < -0.4 is 4.90 Å². The molecule has 1 aromatic heterocycles. The van der Waals surface area contributed by atoms with Crippen LogP contribution in [0, 0.1) is 0 Å². The lowest BCUT2D eigenvalue weighted by atomic mass is 10.0. The molecule has 0 amide bonds. The van der Waals surface area contributed by atoms with Gasteiger partial charge in [-0.25, -0.2) is 4.98 Å². The highest BCUT2D eigenvalue weighted by Gasteiger charge is 2.21. The second kappa shape index (κ2) is 4.81. The Hall–Kier alpha value is -0.800. The smallest absolute Gasteiger partial charge is 0.131 e. The highest BCUT2D eigenvalue weighted by molar-refractivity contribution is 6.29. The first-order chi connectivity index (χ1) is 7.31. The molecule has 2 heterocycles. The van der Waals surface area contributed by atoms with E-state index in [1.165, 1.54) is 12.8 Å². The Labute approximate surface area is 94.7 Å². The molecule has 1 aromatic rings. The van der Waals surface area contributed by atoms with Crippen molar-refractivity contribution < 1.29 is 5.11 Å². The largest absolute Gasteiger partial charge is 0.394 e. The van der Waals surface area contributed by atoms with Crippen molar-refractivity contribution in [2.45, 2.75) is 25.3 Å². The zero-order valence-electron chi connectivity index (χ0n) is 8.56. The number of aliphatic hydroxyl groups excluding tert-OH is 1. The van der Waals surface area contributed by atoms with Crippen molar-refractivity contribution in [3.8, 4) is 0 Å². The molecule has 0 aromatic carbocycles. The van der Waals surface area contributed by atoms with Crippen LogP contribution in [0.3, 0.4) is 0 Å². The molecule has 1 N–H and O–H groups in total. The van der Waals surface area contributed by atoms with Crippen molar-refractivity contribution in [1.29, 1.82) is 0 Å². The van der Waals surface area contributed by atoms with Crippen LogP contribution in [0.25, 0.3) is 0 Å². The van der Waals surface area contributed by atoms with E-state index in [0.717, 1.165) is 18.7 Å². The quantitative estimate of drug-likeness (QED) is 0.785. The van der Waals surface area contributed by atoms with Gasteiger partial charge in [0.25, 0.3) is 0 Å². The number of rotatable bonds is 2. The highest BCUT2D eigenvalue weighted by atomic mass is 35.5. The second-order valence-corrected chi connectivity index (χ2v) is 4.25. The van der Waals surface area contributed by atoms with Gasteiger partial charge in [0.1, 0.15) is 5.15 Å².